The molecule has 2 aliphatic rings. The number of amides is 1. The minimum atomic E-state index is -3.66. The zero-order valence-electron chi connectivity index (χ0n) is 13.2. The molecule has 1 amide bonds. The molecule has 1 spiro atoms. The smallest absolute Gasteiger partial charge is 0.410 e. The van der Waals surface area contributed by atoms with Crippen LogP contribution in [0.3, 0.4) is 0 Å². The van der Waals surface area contributed by atoms with Gasteiger partial charge in [-0.1, -0.05) is 0 Å². The SMILES string of the molecule is CC(C)(C)OC(=O)N1CC2(CNS(=O)(=O)c3cccnc3O2)C1. The number of hydrogen-bond acceptors (Lipinski definition) is 6. The van der Waals surface area contributed by atoms with Crippen LogP contribution in [-0.4, -0.2) is 55.2 Å². The van der Waals surface area contributed by atoms with Gasteiger partial charge in [0.25, 0.3) is 0 Å². The van der Waals surface area contributed by atoms with Crippen LogP contribution in [0.5, 0.6) is 5.88 Å². The Morgan fingerprint density at radius 3 is 2.78 bits per heavy atom. The maximum absolute atomic E-state index is 12.2. The van der Waals surface area contributed by atoms with Crippen LogP contribution in [0.25, 0.3) is 0 Å². The first-order chi connectivity index (χ1) is 10.6. The summed E-state index contributed by atoms with van der Waals surface area (Å²) in [5.41, 5.74) is -1.40. The molecule has 1 aromatic rings. The predicted octanol–water partition coefficient (Wildman–Crippen LogP) is 0.742. The highest BCUT2D eigenvalue weighted by Gasteiger charge is 2.51. The van der Waals surface area contributed by atoms with Gasteiger partial charge in [-0.2, -0.15) is 0 Å². The van der Waals surface area contributed by atoms with Crippen molar-refractivity contribution in [1.29, 1.82) is 0 Å². The standard InChI is InChI=1S/C14H19N3O5S/c1-13(2,3)22-12(18)17-8-14(9-17)7-16-23(19,20)10-5-4-6-15-11(10)21-14/h4-6,16H,7-9H2,1-3H3. The van der Waals surface area contributed by atoms with Gasteiger partial charge in [-0.15, -0.1) is 0 Å². The maximum atomic E-state index is 12.2. The number of nitrogens with zero attached hydrogens (tertiary/aromatic N) is 2. The first-order valence-electron chi connectivity index (χ1n) is 7.22. The Balaban J connectivity index is 1.76. The van der Waals surface area contributed by atoms with Crippen molar-refractivity contribution in [2.24, 2.45) is 0 Å². The average molecular weight is 341 g/mol. The summed E-state index contributed by atoms with van der Waals surface area (Å²) < 4.78 is 38.0. The monoisotopic (exact) mass is 341 g/mol. The van der Waals surface area contributed by atoms with Crippen LogP contribution < -0.4 is 9.46 Å². The lowest BCUT2D eigenvalue weighted by molar-refractivity contribution is -0.0796. The van der Waals surface area contributed by atoms with E-state index in [2.05, 4.69) is 9.71 Å². The number of fused-ring (bicyclic) bond motifs is 1. The number of sulfonamides is 1. The van der Waals surface area contributed by atoms with Crippen molar-refractivity contribution in [3.05, 3.63) is 18.3 Å². The molecule has 0 bridgehead atoms. The third kappa shape index (κ3) is 3.11. The van der Waals surface area contributed by atoms with Gasteiger partial charge >= 0.3 is 6.09 Å². The van der Waals surface area contributed by atoms with Gasteiger partial charge in [0.1, 0.15) is 10.5 Å². The molecule has 1 saturated heterocycles. The fourth-order valence-corrected chi connectivity index (χ4v) is 3.67. The molecule has 126 valence electrons. The van der Waals surface area contributed by atoms with E-state index in [-0.39, 0.29) is 30.4 Å². The number of nitrogens with one attached hydrogen (secondary N) is 1. The van der Waals surface area contributed by atoms with E-state index >= 15 is 0 Å². The maximum Gasteiger partial charge on any atom is 0.410 e. The Bertz CT molecular complexity index is 735. The summed E-state index contributed by atoms with van der Waals surface area (Å²) in [6.07, 6.45) is 1.03. The molecule has 1 fully saturated rings. The number of likely N-dealkylation sites (tertiary alicyclic amines) is 1. The molecule has 0 radical (unpaired) electrons. The molecule has 0 saturated carbocycles. The van der Waals surface area contributed by atoms with Crippen molar-refractivity contribution >= 4 is 16.1 Å². The minimum Gasteiger partial charge on any atom is -0.465 e. The van der Waals surface area contributed by atoms with E-state index in [0.717, 1.165) is 0 Å². The van der Waals surface area contributed by atoms with Crippen molar-refractivity contribution in [2.75, 3.05) is 19.6 Å². The van der Waals surface area contributed by atoms with Crippen molar-refractivity contribution in [3.63, 3.8) is 0 Å². The average Bonchev–Trinajstić information content (AvgIpc) is 2.50. The van der Waals surface area contributed by atoms with E-state index in [0.29, 0.717) is 0 Å². The quantitative estimate of drug-likeness (QED) is 0.747. The van der Waals surface area contributed by atoms with Crippen LogP contribution in [0.2, 0.25) is 0 Å². The molecule has 9 heteroatoms. The largest absolute Gasteiger partial charge is 0.465 e. The molecule has 2 aliphatic heterocycles. The second-order valence-corrected chi connectivity index (χ2v) is 8.49. The highest BCUT2D eigenvalue weighted by molar-refractivity contribution is 7.89. The van der Waals surface area contributed by atoms with Gasteiger partial charge in [0, 0.05) is 6.20 Å². The third-order valence-corrected chi connectivity index (χ3v) is 4.95. The van der Waals surface area contributed by atoms with Crippen molar-refractivity contribution in [1.82, 2.24) is 14.6 Å². The number of carbonyl (C=O) groups is 1. The van der Waals surface area contributed by atoms with Gasteiger partial charge in [0.2, 0.25) is 15.9 Å². The summed E-state index contributed by atoms with van der Waals surface area (Å²) in [6.45, 7) is 5.91. The van der Waals surface area contributed by atoms with Crippen LogP contribution in [0.15, 0.2) is 23.2 Å². The Hall–Kier alpha value is -1.87. The van der Waals surface area contributed by atoms with Crippen molar-refractivity contribution in [2.45, 2.75) is 36.9 Å². The van der Waals surface area contributed by atoms with Gasteiger partial charge in [0.05, 0.1) is 19.6 Å². The van der Waals surface area contributed by atoms with E-state index in [1.807, 2.05) is 0 Å². The summed E-state index contributed by atoms with van der Waals surface area (Å²) in [7, 11) is -3.66. The Morgan fingerprint density at radius 2 is 2.13 bits per heavy atom. The lowest BCUT2D eigenvalue weighted by Gasteiger charge is -2.48. The third-order valence-electron chi connectivity index (χ3n) is 3.53. The predicted molar refractivity (Wildman–Crippen MR) is 80.6 cm³/mol. The Morgan fingerprint density at radius 1 is 1.43 bits per heavy atom. The number of aromatic nitrogens is 1. The Kier molecular flexibility index (Phi) is 3.53. The van der Waals surface area contributed by atoms with Gasteiger partial charge in [-0.25, -0.2) is 22.9 Å². The lowest BCUT2D eigenvalue weighted by Crippen LogP contribution is -2.70. The van der Waals surface area contributed by atoms with Crippen LogP contribution >= 0.6 is 0 Å². The molecule has 3 rings (SSSR count). The first kappa shape index (κ1) is 16.0. The van der Waals surface area contributed by atoms with Crippen molar-refractivity contribution in [3.8, 4) is 5.88 Å². The van der Waals surface area contributed by atoms with Crippen molar-refractivity contribution < 1.29 is 22.7 Å². The summed E-state index contributed by atoms with van der Waals surface area (Å²) in [4.78, 5) is 17.5. The number of carbonyl (C=O) groups excluding carboxylic acids is 1. The summed E-state index contributed by atoms with van der Waals surface area (Å²) in [5, 5.41) is 0. The molecule has 23 heavy (non-hydrogen) atoms. The number of hydrogen-bond donors (Lipinski definition) is 1. The van der Waals surface area contributed by atoms with E-state index in [1.54, 1.807) is 20.8 Å². The van der Waals surface area contributed by atoms with Gasteiger partial charge in [0.15, 0.2) is 5.60 Å². The first-order valence-corrected chi connectivity index (χ1v) is 8.70. The topological polar surface area (TPSA) is 97.8 Å². The zero-order valence-corrected chi connectivity index (χ0v) is 14.0. The molecule has 0 unspecified atom stereocenters. The highest BCUT2D eigenvalue weighted by Crippen LogP contribution is 2.33. The summed E-state index contributed by atoms with van der Waals surface area (Å²) in [6, 6.07) is 2.97. The number of pyridine rings is 1. The highest BCUT2D eigenvalue weighted by atomic mass is 32.2. The molecular formula is C14H19N3O5S. The van der Waals surface area contributed by atoms with Crippen LogP contribution in [0.4, 0.5) is 4.79 Å². The number of ether oxygens (including phenoxy) is 2. The van der Waals surface area contributed by atoms with Crippen LogP contribution in [0.1, 0.15) is 20.8 Å². The molecule has 8 nitrogen and oxygen atoms in total. The van der Waals surface area contributed by atoms with Gasteiger partial charge < -0.3 is 9.47 Å². The molecular weight excluding hydrogens is 322 g/mol. The molecule has 1 N–H and O–H groups in total. The van der Waals surface area contributed by atoms with E-state index < -0.39 is 27.3 Å². The van der Waals surface area contributed by atoms with Gasteiger partial charge in [-0.05, 0) is 32.9 Å². The summed E-state index contributed by atoms with van der Waals surface area (Å²) in [5.74, 6) is 0.0568. The zero-order chi connectivity index (χ0) is 16.9. The summed E-state index contributed by atoms with van der Waals surface area (Å²) >= 11 is 0. The van der Waals surface area contributed by atoms with E-state index in [9.17, 15) is 13.2 Å². The number of rotatable bonds is 0. The lowest BCUT2D eigenvalue weighted by atomic mass is 9.94. The molecule has 3 heterocycles. The van der Waals surface area contributed by atoms with Crippen LogP contribution in [-0.2, 0) is 14.8 Å². The molecule has 0 aliphatic carbocycles. The molecule has 0 aromatic carbocycles. The fourth-order valence-electron chi connectivity index (χ4n) is 2.48. The fraction of sp³-hybridized carbons (Fsp3) is 0.571. The molecule has 0 atom stereocenters. The van der Waals surface area contributed by atoms with E-state index in [4.69, 9.17) is 9.47 Å². The van der Waals surface area contributed by atoms with E-state index in [1.165, 1.54) is 23.2 Å². The second kappa shape index (κ2) is 5.07. The minimum absolute atomic E-state index is 0.00703. The molecule has 1 aromatic heterocycles. The van der Waals surface area contributed by atoms with Gasteiger partial charge in [-0.3, -0.25) is 4.90 Å². The normalized spacial score (nSPS) is 21.6. The second-order valence-electron chi connectivity index (χ2n) is 6.75. The van der Waals surface area contributed by atoms with Crippen LogP contribution in [0, 0.1) is 0 Å². The Labute approximate surface area is 134 Å².